The highest BCUT2D eigenvalue weighted by molar-refractivity contribution is 6.37. The molecule has 25 heavy (non-hydrogen) atoms. The molecule has 0 bridgehead atoms. The van der Waals surface area contributed by atoms with Gasteiger partial charge in [-0.25, -0.2) is 4.68 Å². The fraction of sp³-hybridized carbons (Fsp3) is 0.188. The molecular weight excluding hydrogens is 365 g/mol. The van der Waals surface area contributed by atoms with E-state index >= 15 is 0 Å². The number of carbonyl (C=O) groups excluding carboxylic acids is 1. The van der Waals surface area contributed by atoms with Crippen LogP contribution in [-0.2, 0) is 13.8 Å². The van der Waals surface area contributed by atoms with E-state index in [1.165, 1.54) is 4.68 Å². The van der Waals surface area contributed by atoms with Gasteiger partial charge in [-0.15, -0.1) is 0 Å². The lowest BCUT2D eigenvalue weighted by Gasteiger charge is -2.09. The Hall–Kier alpha value is -2.51. The van der Waals surface area contributed by atoms with Crippen molar-refractivity contribution in [1.29, 1.82) is 0 Å². The Morgan fingerprint density at radius 1 is 1.24 bits per heavy atom. The second kappa shape index (κ2) is 7.16. The quantitative estimate of drug-likeness (QED) is 0.735. The predicted octanol–water partition coefficient (Wildman–Crippen LogP) is 3.52. The molecule has 0 spiro atoms. The summed E-state index contributed by atoms with van der Waals surface area (Å²) < 4.78 is 8.69. The third-order valence-electron chi connectivity index (χ3n) is 3.40. The number of amides is 1. The van der Waals surface area contributed by atoms with Crippen molar-refractivity contribution in [1.82, 2.24) is 19.6 Å². The number of para-hydroxylation sites is 1. The van der Waals surface area contributed by atoms with Crippen LogP contribution in [0.25, 0.3) is 0 Å². The fourth-order valence-corrected chi connectivity index (χ4v) is 2.72. The van der Waals surface area contributed by atoms with E-state index in [1.807, 2.05) is 6.92 Å². The van der Waals surface area contributed by atoms with Crippen molar-refractivity contribution in [3.05, 3.63) is 58.1 Å². The summed E-state index contributed by atoms with van der Waals surface area (Å²) in [5, 5.41) is 11.9. The lowest BCUT2D eigenvalue weighted by molar-refractivity contribution is 0.102. The average molecular weight is 380 g/mol. The lowest BCUT2D eigenvalue weighted by Crippen LogP contribution is -2.14. The Morgan fingerprint density at radius 3 is 2.60 bits per heavy atom. The highest BCUT2D eigenvalue weighted by Crippen LogP contribution is 2.32. The highest BCUT2D eigenvalue weighted by Gasteiger charge is 2.13. The molecule has 0 aliphatic rings. The first-order valence-corrected chi connectivity index (χ1v) is 8.11. The van der Waals surface area contributed by atoms with Gasteiger partial charge in [0.25, 0.3) is 5.91 Å². The molecule has 0 saturated carbocycles. The predicted molar refractivity (Wildman–Crippen MR) is 95.2 cm³/mol. The van der Waals surface area contributed by atoms with Crippen LogP contribution in [0, 0.1) is 6.92 Å². The molecular formula is C16H15Cl2N5O2. The summed E-state index contributed by atoms with van der Waals surface area (Å²) in [5.74, 6) is 0.0453. The summed E-state index contributed by atoms with van der Waals surface area (Å²) in [5.41, 5.74) is 1.63. The summed E-state index contributed by atoms with van der Waals surface area (Å²) in [6.45, 7) is 1.89. The third kappa shape index (κ3) is 3.94. The Kier molecular flexibility index (Phi) is 4.96. The van der Waals surface area contributed by atoms with Crippen LogP contribution in [0.2, 0.25) is 10.0 Å². The van der Waals surface area contributed by atoms with Crippen LogP contribution >= 0.6 is 23.2 Å². The molecule has 1 aromatic carbocycles. The number of nitrogens with one attached hydrogen (secondary N) is 1. The first-order valence-electron chi connectivity index (χ1n) is 7.36. The second-order valence-electron chi connectivity index (χ2n) is 5.32. The van der Waals surface area contributed by atoms with Crippen molar-refractivity contribution in [2.75, 3.05) is 5.32 Å². The number of halogens is 2. The second-order valence-corrected chi connectivity index (χ2v) is 6.14. The van der Waals surface area contributed by atoms with E-state index in [0.29, 0.717) is 21.5 Å². The number of rotatable bonds is 5. The van der Waals surface area contributed by atoms with E-state index in [-0.39, 0.29) is 18.3 Å². The van der Waals surface area contributed by atoms with E-state index in [9.17, 15) is 4.79 Å². The molecule has 7 nitrogen and oxygen atoms in total. The first kappa shape index (κ1) is 17.3. The van der Waals surface area contributed by atoms with E-state index in [2.05, 4.69) is 15.5 Å². The van der Waals surface area contributed by atoms with Crippen LogP contribution in [0.15, 0.2) is 36.7 Å². The smallest absolute Gasteiger partial charge is 0.276 e. The average Bonchev–Trinajstić information content (AvgIpc) is 3.14. The summed E-state index contributed by atoms with van der Waals surface area (Å²) in [4.78, 5) is 12.3. The molecule has 3 rings (SSSR count). The van der Waals surface area contributed by atoms with E-state index in [0.717, 1.165) is 5.69 Å². The van der Waals surface area contributed by atoms with Crippen molar-refractivity contribution >= 4 is 34.8 Å². The Morgan fingerprint density at radius 2 is 1.96 bits per heavy atom. The minimum absolute atomic E-state index is 0.0721. The minimum atomic E-state index is -0.328. The maximum Gasteiger partial charge on any atom is 0.276 e. The number of aryl methyl sites for hydroxylation is 2. The summed E-state index contributed by atoms with van der Waals surface area (Å²) >= 11 is 12.1. The molecule has 1 N–H and O–H groups in total. The number of carbonyl (C=O) groups is 1. The van der Waals surface area contributed by atoms with E-state index in [4.69, 9.17) is 27.9 Å². The number of aromatic nitrogens is 4. The molecule has 1 amide bonds. The van der Waals surface area contributed by atoms with Gasteiger partial charge in [-0.2, -0.15) is 10.2 Å². The van der Waals surface area contributed by atoms with Crippen LogP contribution in [0.3, 0.4) is 0 Å². The lowest BCUT2D eigenvalue weighted by atomic mass is 10.3. The molecule has 2 aromatic heterocycles. The van der Waals surface area contributed by atoms with Gasteiger partial charge in [0.1, 0.15) is 0 Å². The van der Waals surface area contributed by atoms with Gasteiger partial charge in [0.2, 0.25) is 0 Å². The van der Waals surface area contributed by atoms with Crippen LogP contribution in [-0.4, -0.2) is 25.5 Å². The van der Waals surface area contributed by atoms with Gasteiger partial charge in [-0.1, -0.05) is 29.3 Å². The standard InChI is InChI=1S/C16H15Cl2N5O2/c1-10-14(8-22(2)20-10)19-16(24)13-6-7-23(21-13)9-25-15-11(17)4-3-5-12(15)18/h3-8H,9H2,1-2H3,(H,19,24). The zero-order chi connectivity index (χ0) is 18.0. The number of hydrogen-bond acceptors (Lipinski definition) is 4. The maximum absolute atomic E-state index is 12.3. The maximum atomic E-state index is 12.3. The van der Waals surface area contributed by atoms with Crippen molar-refractivity contribution in [2.45, 2.75) is 13.7 Å². The molecule has 9 heteroatoms. The van der Waals surface area contributed by atoms with Crippen LogP contribution < -0.4 is 10.1 Å². The molecule has 2 heterocycles. The van der Waals surface area contributed by atoms with Gasteiger partial charge < -0.3 is 10.1 Å². The SMILES string of the molecule is Cc1nn(C)cc1NC(=O)c1ccn(COc2c(Cl)cccc2Cl)n1. The van der Waals surface area contributed by atoms with E-state index in [1.54, 1.807) is 48.4 Å². The molecule has 0 aliphatic carbocycles. The molecule has 130 valence electrons. The molecule has 0 radical (unpaired) electrons. The van der Waals surface area contributed by atoms with E-state index < -0.39 is 0 Å². The molecule has 0 saturated heterocycles. The van der Waals surface area contributed by atoms with Crippen molar-refractivity contribution in [3.63, 3.8) is 0 Å². The normalized spacial score (nSPS) is 10.7. The molecule has 0 fully saturated rings. The Bertz CT molecular complexity index is 899. The monoisotopic (exact) mass is 379 g/mol. The summed E-state index contributed by atoms with van der Waals surface area (Å²) in [7, 11) is 1.79. The van der Waals surface area contributed by atoms with Crippen molar-refractivity contribution in [3.8, 4) is 5.75 Å². The van der Waals surface area contributed by atoms with Crippen LogP contribution in [0.4, 0.5) is 5.69 Å². The topological polar surface area (TPSA) is 74.0 Å². The number of hydrogen-bond donors (Lipinski definition) is 1. The number of ether oxygens (including phenoxy) is 1. The fourth-order valence-electron chi connectivity index (χ4n) is 2.21. The van der Waals surface area contributed by atoms with Crippen LogP contribution in [0.1, 0.15) is 16.2 Å². The highest BCUT2D eigenvalue weighted by atomic mass is 35.5. The van der Waals surface area contributed by atoms with Gasteiger partial charge in [0.15, 0.2) is 18.2 Å². The van der Waals surface area contributed by atoms with Gasteiger partial charge >= 0.3 is 0 Å². The number of benzene rings is 1. The molecule has 3 aromatic rings. The summed E-state index contributed by atoms with van der Waals surface area (Å²) in [6, 6.07) is 6.69. The molecule has 0 atom stereocenters. The van der Waals surface area contributed by atoms with Gasteiger partial charge in [-0.05, 0) is 25.1 Å². The Labute approximate surface area is 154 Å². The van der Waals surface area contributed by atoms with Crippen LogP contribution in [0.5, 0.6) is 5.75 Å². The Balaban J connectivity index is 1.66. The van der Waals surface area contributed by atoms with Gasteiger partial charge in [0, 0.05) is 19.4 Å². The van der Waals surface area contributed by atoms with Crippen molar-refractivity contribution < 1.29 is 9.53 Å². The zero-order valence-electron chi connectivity index (χ0n) is 13.5. The molecule has 0 unspecified atom stereocenters. The minimum Gasteiger partial charge on any atom is -0.468 e. The van der Waals surface area contributed by atoms with Gasteiger partial charge in [-0.3, -0.25) is 9.48 Å². The third-order valence-corrected chi connectivity index (χ3v) is 3.99. The number of anilines is 1. The van der Waals surface area contributed by atoms with Gasteiger partial charge in [0.05, 0.1) is 21.4 Å². The first-order chi connectivity index (χ1) is 11.9. The zero-order valence-corrected chi connectivity index (χ0v) is 15.0. The molecule has 0 aliphatic heterocycles. The van der Waals surface area contributed by atoms with Crippen molar-refractivity contribution in [2.24, 2.45) is 7.05 Å². The number of nitrogens with zero attached hydrogens (tertiary/aromatic N) is 4. The summed E-state index contributed by atoms with van der Waals surface area (Å²) in [6.07, 6.45) is 3.36. The largest absolute Gasteiger partial charge is 0.468 e.